The minimum absolute atomic E-state index is 0.0583. The van der Waals surface area contributed by atoms with Crippen LogP contribution in [0.2, 0.25) is 0 Å². The SMILES string of the molecule is COc1cc(NS(=O)(=O)c2cccc3cccnc23)ccc1C(=O)N1CCN(C(=O)CC2=CCCC=C2)CC1. The molecule has 1 N–H and O–H groups in total. The number of nitrogens with zero attached hydrogens (tertiary/aromatic N) is 3. The summed E-state index contributed by atoms with van der Waals surface area (Å²) in [7, 11) is -2.52. The van der Waals surface area contributed by atoms with Gasteiger partial charge >= 0.3 is 0 Å². The third kappa shape index (κ3) is 5.80. The lowest BCUT2D eigenvalue weighted by Gasteiger charge is -2.35. The standard InChI is InChI=1S/C29H30N4O5S/c1-38-25-20-23(31-39(36,37)26-11-5-9-22-10-6-14-30-28(22)26)12-13-24(25)29(35)33-17-15-32(16-18-33)27(34)19-21-7-3-2-4-8-21/h3,5-14,20,31H,2,4,15-19H2,1H3. The second kappa shape index (κ2) is 11.3. The zero-order chi connectivity index (χ0) is 27.4. The number of anilines is 1. The van der Waals surface area contributed by atoms with E-state index in [-0.39, 0.29) is 28.1 Å². The first-order valence-electron chi connectivity index (χ1n) is 12.8. The molecule has 0 spiro atoms. The normalized spacial score (nSPS) is 15.7. The van der Waals surface area contributed by atoms with Crippen molar-refractivity contribution < 1.29 is 22.7 Å². The van der Waals surface area contributed by atoms with Crippen molar-refractivity contribution in [3.05, 3.63) is 84.1 Å². The molecule has 202 valence electrons. The van der Waals surface area contributed by atoms with Gasteiger partial charge in [0.25, 0.3) is 15.9 Å². The average molecular weight is 547 g/mol. The second-order valence-corrected chi connectivity index (χ2v) is 11.1. The topological polar surface area (TPSA) is 109 Å². The molecule has 0 bridgehead atoms. The number of rotatable bonds is 7. The molecule has 2 aromatic carbocycles. The van der Waals surface area contributed by atoms with Gasteiger partial charge in [-0.15, -0.1) is 0 Å². The first-order chi connectivity index (χ1) is 18.9. The molecule has 3 aromatic rings. The van der Waals surface area contributed by atoms with Gasteiger partial charge in [0.2, 0.25) is 5.91 Å². The van der Waals surface area contributed by atoms with E-state index in [1.165, 1.54) is 25.3 Å². The van der Waals surface area contributed by atoms with Gasteiger partial charge in [-0.05, 0) is 42.7 Å². The van der Waals surface area contributed by atoms with Crippen LogP contribution < -0.4 is 9.46 Å². The van der Waals surface area contributed by atoms with Crippen LogP contribution in [-0.2, 0) is 14.8 Å². The number of nitrogens with one attached hydrogen (secondary N) is 1. The Bertz CT molecular complexity index is 1570. The summed E-state index contributed by atoms with van der Waals surface area (Å²) >= 11 is 0. The van der Waals surface area contributed by atoms with E-state index in [1.807, 2.05) is 6.08 Å². The molecule has 0 radical (unpaired) electrons. The molecule has 2 amide bonds. The van der Waals surface area contributed by atoms with Crippen LogP contribution >= 0.6 is 0 Å². The number of fused-ring (bicyclic) bond motifs is 1. The van der Waals surface area contributed by atoms with Crippen molar-refractivity contribution >= 4 is 38.4 Å². The summed E-state index contributed by atoms with van der Waals surface area (Å²) in [6.45, 7) is 1.73. The molecule has 39 heavy (non-hydrogen) atoms. The lowest BCUT2D eigenvalue weighted by Crippen LogP contribution is -2.50. The number of methoxy groups -OCH3 is 1. The molecule has 1 saturated heterocycles. The summed E-state index contributed by atoms with van der Waals surface area (Å²) in [5.74, 6) is 0.0887. The minimum Gasteiger partial charge on any atom is -0.496 e. The van der Waals surface area contributed by atoms with Crippen LogP contribution in [0.25, 0.3) is 10.9 Å². The lowest BCUT2D eigenvalue weighted by molar-refractivity contribution is -0.131. The average Bonchev–Trinajstić information content (AvgIpc) is 2.96. The highest BCUT2D eigenvalue weighted by molar-refractivity contribution is 7.93. The fourth-order valence-electron chi connectivity index (χ4n) is 4.85. The van der Waals surface area contributed by atoms with Gasteiger partial charge in [0, 0.05) is 43.8 Å². The van der Waals surface area contributed by atoms with Crippen molar-refractivity contribution in [1.82, 2.24) is 14.8 Å². The number of para-hydroxylation sites is 1. The van der Waals surface area contributed by atoms with Crippen molar-refractivity contribution in [3.8, 4) is 5.75 Å². The van der Waals surface area contributed by atoms with E-state index in [0.717, 1.165) is 18.4 Å². The van der Waals surface area contributed by atoms with E-state index in [0.29, 0.717) is 49.1 Å². The number of carbonyl (C=O) groups excluding carboxylic acids is 2. The summed E-state index contributed by atoms with van der Waals surface area (Å²) in [5, 5.41) is 0.712. The van der Waals surface area contributed by atoms with E-state index >= 15 is 0 Å². The van der Waals surface area contributed by atoms with Gasteiger partial charge in [-0.25, -0.2) is 8.42 Å². The van der Waals surface area contributed by atoms with Gasteiger partial charge in [0.1, 0.15) is 10.6 Å². The van der Waals surface area contributed by atoms with E-state index in [1.54, 1.807) is 46.3 Å². The van der Waals surface area contributed by atoms with Gasteiger partial charge < -0.3 is 14.5 Å². The summed E-state index contributed by atoms with van der Waals surface area (Å²) in [6.07, 6.45) is 10.1. The molecule has 1 aromatic heterocycles. The molecule has 0 saturated carbocycles. The fourth-order valence-corrected chi connectivity index (χ4v) is 6.08. The number of allylic oxidation sites excluding steroid dienone is 3. The molecule has 1 aliphatic heterocycles. The summed E-state index contributed by atoms with van der Waals surface area (Å²) in [6, 6.07) is 13.1. The zero-order valence-corrected chi connectivity index (χ0v) is 22.5. The molecule has 2 heterocycles. The molecule has 0 unspecified atom stereocenters. The molecule has 5 rings (SSSR count). The first-order valence-corrected chi connectivity index (χ1v) is 14.3. The van der Waals surface area contributed by atoms with Crippen LogP contribution in [0, 0.1) is 0 Å². The molecule has 9 nitrogen and oxygen atoms in total. The Kier molecular flexibility index (Phi) is 7.65. The zero-order valence-electron chi connectivity index (χ0n) is 21.7. The third-order valence-corrected chi connectivity index (χ3v) is 8.33. The predicted octanol–water partition coefficient (Wildman–Crippen LogP) is 4.00. The number of amides is 2. The van der Waals surface area contributed by atoms with Gasteiger partial charge in [-0.1, -0.05) is 36.4 Å². The maximum Gasteiger partial charge on any atom is 0.264 e. The van der Waals surface area contributed by atoms with Gasteiger partial charge in [0.05, 0.1) is 30.3 Å². The van der Waals surface area contributed by atoms with Crippen molar-refractivity contribution in [2.24, 2.45) is 0 Å². The van der Waals surface area contributed by atoms with E-state index in [4.69, 9.17) is 4.74 Å². The Balaban J connectivity index is 1.26. The Labute approximate surface area is 227 Å². The van der Waals surface area contributed by atoms with Crippen LogP contribution in [0.4, 0.5) is 5.69 Å². The Morgan fingerprint density at radius 2 is 1.77 bits per heavy atom. The largest absolute Gasteiger partial charge is 0.496 e. The Morgan fingerprint density at radius 1 is 1.00 bits per heavy atom. The number of hydrogen-bond donors (Lipinski definition) is 1. The van der Waals surface area contributed by atoms with Crippen molar-refractivity contribution in [1.29, 1.82) is 0 Å². The second-order valence-electron chi connectivity index (χ2n) is 9.46. The third-order valence-electron chi connectivity index (χ3n) is 6.92. The Morgan fingerprint density at radius 3 is 2.51 bits per heavy atom. The molecule has 2 aliphatic rings. The number of hydrogen-bond acceptors (Lipinski definition) is 6. The summed E-state index contributed by atoms with van der Waals surface area (Å²) < 4.78 is 34.4. The maximum absolute atomic E-state index is 13.3. The van der Waals surface area contributed by atoms with Crippen molar-refractivity contribution in [3.63, 3.8) is 0 Å². The van der Waals surface area contributed by atoms with Gasteiger partial charge in [0.15, 0.2) is 0 Å². The highest BCUT2D eigenvalue weighted by Crippen LogP contribution is 2.28. The molecular formula is C29H30N4O5S. The van der Waals surface area contributed by atoms with Gasteiger partial charge in [-0.3, -0.25) is 19.3 Å². The fraction of sp³-hybridized carbons (Fsp3) is 0.276. The number of carbonyl (C=O) groups is 2. The summed E-state index contributed by atoms with van der Waals surface area (Å²) in [4.78, 5) is 33.8. The van der Waals surface area contributed by atoms with Crippen LogP contribution in [0.3, 0.4) is 0 Å². The van der Waals surface area contributed by atoms with Crippen molar-refractivity contribution in [2.45, 2.75) is 24.2 Å². The number of ether oxygens (including phenoxy) is 1. The molecule has 1 fully saturated rings. The van der Waals surface area contributed by atoms with Crippen LogP contribution in [0.5, 0.6) is 5.75 Å². The number of aromatic nitrogens is 1. The van der Waals surface area contributed by atoms with Crippen molar-refractivity contribution in [2.75, 3.05) is 38.0 Å². The first kappa shape index (κ1) is 26.4. The summed E-state index contributed by atoms with van der Waals surface area (Å²) in [5.41, 5.74) is 2.00. The minimum atomic E-state index is -3.95. The van der Waals surface area contributed by atoms with Crippen LogP contribution in [0.15, 0.2) is 83.4 Å². The quantitative estimate of drug-likeness (QED) is 0.480. The lowest BCUT2D eigenvalue weighted by atomic mass is 10.0. The smallest absolute Gasteiger partial charge is 0.264 e. The number of piperazine rings is 1. The Hall–Kier alpha value is -4.18. The molecular weight excluding hydrogens is 516 g/mol. The van der Waals surface area contributed by atoms with E-state index in [2.05, 4.69) is 21.9 Å². The highest BCUT2D eigenvalue weighted by Gasteiger charge is 2.27. The highest BCUT2D eigenvalue weighted by atomic mass is 32.2. The predicted molar refractivity (Wildman–Crippen MR) is 149 cm³/mol. The maximum atomic E-state index is 13.3. The monoisotopic (exact) mass is 546 g/mol. The number of sulfonamides is 1. The van der Waals surface area contributed by atoms with Gasteiger partial charge in [-0.2, -0.15) is 0 Å². The number of benzene rings is 2. The number of pyridine rings is 1. The van der Waals surface area contributed by atoms with Crippen LogP contribution in [-0.4, -0.2) is 68.3 Å². The molecule has 1 aliphatic carbocycles. The van der Waals surface area contributed by atoms with Crippen LogP contribution in [0.1, 0.15) is 29.6 Å². The molecule has 0 atom stereocenters. The van der Waals surface area contributed by atoms with E-state index in [9.17, 15) is 18.0 Å². The van der Waals surface area contributed by atoms with E-state index < -0.39 is 10.0 Å². The molecule has 10 heteroatoms.